The molecule has 0 aromatic carbocycles. The Labute approximate surface area is 222 Å². The van der Waals surface area contributed by atoms with Crippen molar-refractivity contribution in [1.82, 2.24) is 24.5 Å². The summed E-state index contributed by atoms with van der Waals surface area (Å²) in [6.45, 7) is 7.57. The molecule has 2 aliphatic rings. The predicted molar refractivity (Wildman–Crippen MR) is 143 cm³/mol. The van der Waals surface area contributed by atoms with Crippen molar-refractivity contribution in [2.24, 2.45) is 11.8 Å². The van der Waals surface area contributed by atoms with Gasteiger partial charge in [0.25, 0.3) is 15.9 Å². The normalized spacial score (nSPS) is 18.5. The van der Waals surface area contributed by atoms with Crippen molar-refractivity contribution in [3.63, 3.8) is 0 Å². The number of hydrogen-bond donors (Lipinski definition) is 2. The summed E-state index contributed by atoms with van der Waals surface area (Å²) < 4.78 is 35.5. The van der Waals surface area contributed by atoms with Gasteiger partial charge in [-0.15, -0.1) is 5.10 Å². The standard InChI is InChI=1S/C26H33N7O4S/c1-17(2)16-37-22-9-13-33(30-22)21-8-7-19(24(29-21)32-15-18(3)14-26(32)10-5-11-26)25(34)31-38(35,36)20-6-4-12-28-23(20)27/h4,6-9,12-13,17-18H,5,10-11,14-16H2,1-3H3,(H2,27,28)(H,31,34). The number of nitrogen functional groups attached to an aromatic ring is 1. The van der Waals surface area contributed by atoms with E-state index in [1.165, 1.54) is 18.3 Å². The first-order chi connectivity index (χ1) is 18.1. The Bertz CT molecular complexity index is 1450. The number of hydrogen-bond acceptors (Lipinski definition) is 9. The molecule has 3 aromatic rings. The van der Waals surface area contributed by atoms with Crippen LogP contribution in [0, 0.1) is 11.8 Å². The molecule has 1 aliphatic carbocycles. The van der Waals surface area contributed by atoms with E-state index in [-0.39, 0.29) is 21.8 Å². The number of anilines is 2. The molecule has 1 saturated carbocycles. The highest BCUT2D eigenvalue weighted by atomic mass is 32.2. The summed E-state index contributed by atoms with van der Waals surface area (Å²) in [5, 5.41) is 4.49. The third-order valence-electron chi connectivity index (χ3n) is 7.12. The van der Waals surface area contributed by atoms with Crippen molar-refractivity contribution in [2.75, 3.05) is 23.8 Å². The lowest BCUT2D eigenvalue weighted by molar-refractivity contribution is 0.0981. The number of pyridine rings is 2. The van der Waals surface area contributed by atoms with E-state index in [2.05, 4.69) is 40.5 Å². The Kier molecular flexibility index (Phi) is 6.76. The minimum Gasteiger partial charge on any atom is -0.476 e. The highest BCUT2D eigenvalue weighted by molar-refractivity contribution is 7.90. The SMILES string of the molecule is CC(C)COc1ccn(-c2ccc(C(=O)NS(=O)(=O)c3cccnc3N)c(N3CC(C)CC34CCC4)n2)n1. The van der Waals surface area contributed by atoms with E-state index >= 15 is 0 Å². The smallest absolute Gasteiger partial charge is 0.268 e. The third-order valence-corrected chi connectivity index (χ3v) is 8.50. The fourth-order valence-corrected chi connectivity index (χ4v) is 6.32. The van der Waals surface area contributed by atoms with Gasteiger partial charge in [-0.05, 0) is 61.8 Å². The van der Waals surface area contributed by atoms with E-state index in [9.17, 15) is 13.2 Å². The molecule has 1 saturated heterocycles. The van der Waals surface area contributed by atoms with Crippen LogP contribution in [0.2, 0.25) is 0 Å². The Balaban J connectivity index is 1.51. The van der Waals surface area contributed by atoms with E-state index < -0.39 is 15.9 Å². The van der Waals surface area contributed by atoms with E-state index in [1.54, 1.807) is 29.1 Å². The van der Waals surface area contributed by atoms with Gasteiger partial charge in [0.1, 0.15) is 16.5 Å². The van der Waals surface area contributed by atoms with Crippen LogP contribution in [0.3, 0.4) is 0 Å². The van der Waals surface area contributed by atoms with Gasteiger partial charge in [0.05, 0.1) is 12.2 Å². The molecule has 11 nitrogen and oxygen atoms in total. The van der Waals surface area contributed by atoms with Gasteiger partial charge in [0.2, 0.25) is 5.88 Å². The van der Waals surface area contributed by atoms with Gasteiger partial charge in [-0.25, -0.2) is 27.8 Å². The molecule has 5 rings (SSSR count). The summed E-state index contributed by atoms with van der Waals surface area (Å²) in [6.07, 6.45) is 7.25. The molecule has 2 fully saturated rings. The highest BCUT2D eigenvalue weighted by Gasteiger charge is 2.49. The van der Waals surface area contributed by atoms with Crippen LogP contribution < -0.4 is 20.1 Å². The topological polar surface area (TPSA) is 145 Å². The molecule has 0 bridgehead atoms. The van der Waals surface area contributed by atoms with Crippen LogP contribution in [0.5, 0.6) is 5.88 Å². The lowest BCUT2D eigenvalue weighted by atomic mass is 9.73. The molecule has 202 valence electrons. The van der Waals surface area contributed by atoms with Gasteiger partial charge in [-0.3, -0.25) is 4.79 Å². The van der Waals surface area contributed by atoms with Crippen molar-refractivity contribution < 1.29 is 17.9 Å². The molecule has 1 unspecified atom stereocenters. The first-order valence-corrected chi connectivity index (χ1v) is 14.3. The molecule has 3 aromatic heterocycles. The molecule has 0 radical (unpaired) electrons. The molecular formula is C26H33N7O4S. The Morgan fingerprint density at radius 1 is 1.26 bits per heavy atom. The molecule has 3 N–H and O–H groups in total. The minimum atomic E-state index is -4.25. The first kappa shape index (κ1) is 26.0. The number of nitrogens with one attached hydrogen (secondary N) is 1. The average Bonchev–Trinajstić information content (AvgIpc) is 3.47. The van der Waals surface area contributed by atoms with Crippen molar-refractivity contribution in [3.05, 3.63) is 48.3 Å². The number of ether oxygens (including phenoxy) is 1. The van der Waals surface area contributed by atoms with E-state index in [1.807, 2.05) is 0 Å². The van der Waals surface area contributed by atoms with Crippen molar-refractivity contribution >= 4 is 27.6 Å². The maximum atomic E-state index is 13.5. The fourth-order valence-electron chi connectivity index (χ4n) is 5.27. The number of aromatic nitrogens is 4. The van der Waals surface area contributed by atoms with Crippen molar-refractivity contribution in [1.29, 1.82) is 0 Å². The molecule has 38 heavy (non-hydrogen) atoms. The molecule has 1 aliphatic heterocycles. The number of nitrogens with two attached hydrogens (primary N) is 1. The number of carbonyl (C=O) groups is 1. The molecule has 4 heterocycles. The van der Waals surface area contributed by atoms with Crippen molar-refractivity contribution in [3.8, 4) is 11.7 Å². The third kappa shape index (κ3) is 4.92. The van der Waals surface area contributed by atoms with E-state index in [4.69, 9.17) is 15.5 Å². The molecule has 1 spiro atoms. The predicted octanol–water partition coefficient (Wildman–Crippen LogP) is 3.17. The second kappa shape index (κ2) is 9.90. The first-order valence-electron chi connectivity index (χ1n) is 12.8. The van der Waals surface area contributed by atoms with Gasteiger partial charge >= 0.3 is 0 Å². The number of sulfonamides is 1. The molecule has 1 atom stereocenters. The van der Waals surface area contributed by atoms with Crippen LogP contribution >= 0.6 is 0 Å². The van der Waals surface area contributed by atoms with Crippen molar-refractivity contribution in [2.45, 2.75) is 56.9 Å². The lowest BCUT2D eigenvalue weighted by Crippen LogP contribution is -2.50. The highest BCUT2D eigenvalue weighted by Crippen LogP contribution is 2.49. The fraction of sp³-hybridized carbons (Fsp3) is 0.462. The zero-order valence-electron chi connectivity index (χ0n) is 21.8. The maximum Gasteiger partial charge on any atom is 0.268 e. The van der Waals surface area contributed by atoms with E-state index in [0.717, 1.165) is 32.2 Å². The van der Waals surface area contributed by atoms with Crippen LogP contribution in [0.15, 0.2) is 47.6 Å². The van der Waals surface area contributed by atoms with Gasteiger partial charge < -0.3 is 15.4 Å². The van der Waals surface area contributed by atoms with Gasteiger partial charge in [-0.2, -0.15) is 0 Å². The number of rotatable bonds is 8. The number of nitrogens with zero attached hydrogens (tertiary/aromatic N) is 5. The summed E-state index contributed by atoms with van der Waals surface area (Å²) in [7, 11) is -4.25. The zero-order chi connectivity index (χ0) is 27.1. The Morgan fingerprint density at radius 2 is 2.05 bits per heavy atom. The van der Waals surface area contributed by atoms with Crippen LogP contribution in [0.25, 0.3) is 5.82 Å². The van der Waals surface area contributed by atoms with Crippen LogP contribution in [0.1, 0.15) is 56.8 Å². The Hall–Kier alpha value is -3.67. The lowest BCUT2D eigenvalue weighted by Gasteiger charge is -2.47. The van der Waals surface area contributed by atoms with E-state index in [0.29, 0.717) is 36.0 Å². The average molecular weight is 540 g/mol. The van der Waals surface area contributed by atoms with Crippen LogP contribution in [-0.2, 0) is 10.0 Å². The largest absolute Gasteiger partial charge is 0.476 e. The monoisotopic (exact) mass is 539 g/mol. The summed E-state index contributed by atoms with van der Waals surface area (Å²) in [6, 6.07) is 7.77. The summed E-state index contributed by atoms with van der Waals surface area (Å²) in [5.41, 5.74) is 5.86. The number of amides is 1. The van der Waals surface area contributed by atoms with Gasteiger partial charge in [0, 0.05) is 30.5 Å². The second-order valence-corrected chi connectivity index (χ2v) is 12.3. The maximum absolute atomic E-state index is 13.5. The van der Waals surface area contributed by atoms with Crippen LogP contribution in [0.4, 0.5) is 11.6 Å². The second-order valence-electron chi connectivity index (χ2n) is 10.7. The summed E-state index contributed by atoms with van der Waals surface area (Å²) in [4.78, 5) is 24.1. The zero-order valence-corrected chi connectivity index (χ0v) is 22.6. The number of carbonyl (C=O) groups excluding carboxylic acids is 1. The van der Waals surface area contributed by atoms with Gasteiger partial charge in [-0.1, -0.05) is 20.8 Å². The van der Waals surface area contributed by atoms with Gasteiger partial charge in [0.15, 0.2) is 5.82 Å². The quantitative estimate of drug-likeness (QED) is 0.441. The Morgan fingerprint density at radius 3 is 2.74 bits per heavy atom. The van der Waals surface area contributed by atoms with Crippen LogP contribution in [-0.4, -0.2) is 52.8 Å². The molecule has 1 amide bonds. The minimum absolute atomic E-state index is 0.0810. The summed E-state index contributed by atoms with van der Waals surface area (Å²) >= 11 is 0. The molecule has 12 heteroatoms. The molecular weight excluding hydrogens is 506 g/mol. The summed E-state index contributed by atoms with van der Waals surface area (Å²) in [5.74, 6) is 1.24.